The predicted octanol–water partition coefficient (Wildman–Crippen LogP) is 3.39. The van der Waals surface area contributed by atoms with Crippen LogP contribution in [0.4, 0.5) is 0 Å². The van der Waals surface area contributed by atoms with E-state index in [-0.39, 0.29) is 5.56 Å². The Bertz CT molecular complexity index is 922. The van der Waals surface area contributed by atoms with E-state index in [9.17, 15) is 4.79 Å². The maximum absolute atomic E-state index is 12.4. The molecule has 0 bridgehead atoms. The number of thioether (sulfide) groups is 1. The fraction of sp³-hybridized carbons (Fsp3) is 0.125. The molecule has 0 aliphatic rings. The molecule has 0 amide bonds. The minimum atomic E-state index is -0.149. The number of aromatic nitrogens is 2. The van der Waals surface area contributed by atoms with Crippen molar-refractivity contribution >= 4 is 33.3 Å². The maximum Gasteiger partial charge on any atom is 0.260 e. The van der Waals surface area contributed by atoms with Gasteiger partial charge in [0.15, 0.2) is 5.16 Å². The number of methoxy groups -OCH3 is 1. The van der Waals surface area contributed by atoms with E-state index in [1.165, 1.54) is 23.1 Å². The molecular formula is C16H12N2O2S2. The molecule has 22 heavy (non-hydrogen) atoms. The second kappa shape index (κ2) is 6.26. The lowest BCUT2D eigenvalue weighted by atomic mass is 10.1. The molecule has 0 spiro atoms. The lowest BCUT2D eigenvalue weighted by Gasteiger charge is -2.03. The van der Waals surface area contributed by atoms with Crippen LogP contribution in [-0.4, -0.2) is 22.8 Å². The molecular weight excluding hydrogens is 316 g/mol. The number of H-pyrrole nitrogens is 1. The summed E-state index contributed by atoms with van der Waals surface area (Å²) >= 11 is 2.79. The average Bonchev–Trinajstić information content (AvgIpc) is 2.97. The van der Waals surface area contributed by atoms with Crippen LogP contribution in [0.3, 0.4) is 0 Å². The van der Waals surface area contributed by atoms with Gasteiger partial charge in [-0.15, -0.1) is 17.8 Å². The number of ether oxygens (including phenoxy) is 1. The van der Waals surface area contributed by atoms with Crippen molar-refractivity contribution in [2.45, 2.75) is 5.16 Å². The smallest absolute Gasteiger partial charge is 0.260 e. The van der Waals surface area contributed by atoms with Crippen molar-refractivity contribution in [2.75, 3.05) is 12.9 Å². The number of aromatic amines is 1. The second-order valence-corrected chi connectivity index (χ2v) is 6.25. The largest absolute Gasteiger partial charge is 0.497 e. The van der Waals surface area contributed by atoms with Crippen LogP contribution in [0.5, 0.6) is 5.75 Å². The Morgan fingerprint density at radius 1 is 1.50 bits per heavy atom. The third kappa shape index (κ3) is 2.73. The molecule has 2 aromatic heterocycles. The maximum atomic E-state index is 12.4. The summed E-state index contributed by atoms with van der Waals surface area (Å²) in [7, 11) is 1.62. The summed E-state index contributed by atoms with van der Waals surface area (Å²) in [5.74, 6) is 3.74. The zero-order chi connectivity index (χ0) is 15.5. The van der Waals surface area contributed by atoms with Crippen LogP contribution in [0, 0.1) is 12.3 Å². The molecule has 0 aliphatic heterocycles. The molecule has 0 aliphatic carbocycles. The normalized spacial score (nSPS) is 10.5. The molecule has 1 N–H and O–H groups in total. The first-order valence-electron chi connectivity index (χ1n) is 6.45. The van der Waals surface area contributed by atoms with Crippen LogP contribution in [0.15, 0.2) is 39.6 Å². The third-order valence-electron chi connectivity index (χ3n) is 3.10. The first-order valence-corrected chi connectivity index (χ1v) is 8.31. The van der Waals surface area contributed by atoms with Gasteiger partial charge in [0, 0.05) is 10.9 Å². The molecule has 0 atom stereocenters. The summed E-state index contributed by atoms with van der Waals surface area (Å²) in [5.41, 5.74) is 1.65. The monoisotopic (exact) mass is 328 g/mol. The molecule has 6 heteroatoms. The van der Waals surface area contributed by atoms with Crippen molar-refractivity contribution in [1.29, 1.82) is 0 Å². The summed E-state index contributed by atoms with van der Waals surface area (Å²) in [6.45, 7) is 0. The van der Waals surface area contributed by atoms with Crippen molar-refractivity contribution in [1.82, 2.24) is 9.97 Å². The number of hydrogen-bond acceptors (Lipinski definition) is 5. The van der Waals surface area contributed by atoms with E-state index >= 15 is 0 Å². The predicted molar refractivity (Wildman–Crippen MR) is 91.8 cm³/mol. The summed E-state index contributed by atoms with van der Waals surface area (Å²) in [5, 5.41) is 3.09. The minimum Gasteiger partial charge on any atom is -0.497 e. The van der Waals surface area contributed by atoms with Gasteiger partial charge in [-0.1, -0.05) is 29.8 Å². The van der Waals surface area contributed by atoms with Gasteiger partial charge in [0.1, 0.15) is 10.6 Å². The molecule has 4 nitrogen and oxygen atoms in total. The van der Waals surface area contributed by atoms with Crippen LogP contribution in [0.1, 0.15) is 0 Å². The van der Waals surface area contributed by atoms with Crippen LogP contribution in [0.25, 0.3) is 21.3 Å². The van der Waals surface area contributed by atoms with Gasteiger partial charge in [-0.25, -0.2) is 4.98 Å². The fourth-order valence-corrected chi connectivity index (χ4v) is 3.66. The van der Waals surface area contributed by atoms with Crippen LogP contribution >= 0.6 is 23.1 Å². The average molecular weight is 328 g/mol. The number of fused-ring (bicyclic) bond motifs is 1. The number of terminal acetylenes is 1. The van der Waals surface area contributed by atoms with E-state index < -0.39 is 0 Å². The Balaban J connectivity index is 2.12. The number of rotatable bonds is 4. The molecule has 0 saturated heterocycles. The molecule has 0 saturated carbocycles. The fourth-order valence-electron chi connectivity index (χ4n) is 2.11. The van der Waals surface area contributed by atoms with Gasteiger partial charge in [-0.3, -0.25) is 4.79 Å². The van der Waals surface area contributed by atoms with Crippen molar-refractivity contribution in [3.63, 3.8) is 0 Å². The highest BCUT2D eigenvalue weighted by molar-refractivity contribution is 7.99. The molecule has 110 valence electrons. The van der Waals surface area contributed by atoms with Crippen molar-refractivity contribution in [3.05, 3.63) is 40.0 Å². The van der Waals surface area contributed by atoms with E-state index in [2.05, 4.69) is 15.9 Å². The Labute approximate surface area is 135 Å². The minimum absolute atomic E-state index is 0.149. The van der Waals surface area contributed by atoms with Gasteiger partial charge in [0.2, 0.25) is 0 Å². The van der Waals surface area contributed by atoms with E-state index in [0.717, 1.165) is 16.9 Å². The first-order chi connectivity index (χ1) is 10.7. The van der Waals surface area contributed by atoms with Crippen molar-refractivity contribution in [2.24, 2.45) is 0 Å². The quantitative estimate of drug-likeness (QED) is 0.453. The summed E-state index contributed by atoms with van der Waals surface area (Å²) in [6.07, 6.45) is 5.23. The Morgan fingerprint density at radius 2 is 2.36 bits per heavy atom. The standard InChI is InChI=1S/C16H12N2O2S2/c1-3-7-21-16-17-14(19)13-12(9-22-15(13)18-16)10-5-4-6-11(8-10)20-2/h1,4-6,8-9H,7H2,2H3,(H,17,18,19). The Hall–Kier alpha value is -2.23. The SMILES string of the molecule is C#CCSc1nc2scc(-c3cccc(OC)c3)c2c(=O)[nH]1. The topological polar surface area (TPSA) is 55.0 Å². The third-order valence-corrected chi connectivity index (χ3v) is 4.75. The number of thiophene rings is 1. The van der Waals surface area contributed by atoms with Crippen LogP contribution < -0.4 is 10.3 Å². The van der Waals surface area contributed by atoms with Gasteiger partial charge in [-0.2, -0.15) is 0 Å². The number of hydrogen-bond donors (Lipinski definition) is 1. The molecule has 2 heterocycles. The molecule has 3 aromatic rings. The lowest BCUT2D eigenvalue weighted by Crippen LogP contribution is -2.08. The first kappa shape index (κ1) is 14.7. The molecule has 0 fully saturated rings. The number of benzene rings is 1. The highest BCUT2D eigenvalue weighted by Crippen LogP contribution is 2.33. The van der Waals surface area contributed by atoms with E-state index in [1.807, 2.05) is 29.6 Å². The van der Waals surface area contributed by atoms with Gasteiger partial charge in [0.05, 0.1) is 18.2 Å². The zero-order valence-corrected chi connectivity index (χ0v) is 13.4. The van der Waals surface area contributed by atoms with Crippen molar-refractivity contribution in [3.8, 4) is 29.2 Å². The summed E-state index contributed by atoms with van der Waals surface area (Å²) < 4.78 is 5.24. The number of nitrogens with zero attached hydrogens (tertiary/aromatic N) is 1. The van der Waals surface area contributed by atoms with Crippen molar-refractivity contribution < 1.29 is 4.74 Å². The summed E-state index contributed by atoms with van der Waals surface area (Å²) in [4.78, 5) is 20.3. The van der Waals surface area contributed by atoms with E-state index in [4.69, 9.17) is 11.2 Å². The van der Waals surface area contributed by atoms with Gasteiger partial charge >= 0.3 is 0 Å². The van der Waals surface area contributed by atoms with Gasteiger partial charge in [-0.05, 0) is 17.7 Å². The highest BCUT2D eigenvalue weighted by Gasteiger charge is 2.13. The highest BCUT2D eigenvalue weighted by atomic mass is 32.2. The lowest BCUT2D eigenvalue weighted by molar-refractivity contribution is 0.415. The second-order valence-electron chi connectivity index (χ2n) is 4.43. The molecule has 1 aromatic carbocycles. The van der Waals surface area contributed by atoms with Crippen LogP contribution in [-0.2, 0) is 0 Å². The molecule has 3 rings (SSSR count). The van der Waals surface area contributed by atoms with Crippen LogP contribution in [0.2, 0.25) is 0 Å². The zero-order valence-electron chi connectivity index (χ0n) is 11.8. The summed E-state index contributed by atoms with van der Waals surface area (Å²) in [6, 6.07) is 7.62. The van der Waals surface area contributed by atoms with E-state index in [1.54, 1.807) is 7.11 Å². The Kier molecular flexibility index (Phi) is 4.18. The molecule has 0 unspecified atom stereocenters. The van der Waals surface area contributed by atoms with Gasteiger partial charge < -0.3 is 9.72 Å². The van der Waals surface area contributed by atoms with Gasteiger partial charge in [0.25, 0.3) is 5.56 Å². The number of nitrogens with one attached hydrogen (secondary N) is 1. The molecule has 0 radical (unpaired) electrons. The van der Waals surface area contributed by atoms with E-state index in [0.29, 0.717) is 21.1 Å². The Morgan fingerprint density at radius 3 is 3.14 bits per heavy atom.